The lowest BCUT2D eigenvalue weighted by atomic mass is 10.2. The van der Waals surface area contributed by atoms with Crippen LogP contribution in [-0.2, 0) is 4.79 Å². The Morgan fingerprint density at radius 1 is 1.15 bits per heavy atom. The third-order valence-electron chi connectivity index (χ3n) is 5.25. The van der Waals surface area contributed by atoms with E-state index in [1.54, 1.807) is 26.5 Å². The number of hydrogen-bond acceptors (Lipinski definition) is 11. The maximum absolute atomic E-state index is 11.6. The third-order valence-corrected chi connectivity index (χ3v) is 6.18. The lowest BCUT2D eigenvalue weighted by Gasteiger charge is -2.35. The van der Waals surface area contributed by atoms with Gasteiger partial charge < -0.3 is 25.0 Å². The summed E-state index contributed by atoms with van der Waals surface area (Å²) < 4.78 is 11.1. The number of rotatable bonds is 12. The van der Waals surface area contributed by atoms with Gasteiger partial charge in [0.25, 0.3) is 0 Å². The van der Waals surface area contributed by atoms with Crippen molar-refractivity contribution in [1.82, 2.24) is 30.2 Å². The summed E-state index contributed by atoms with van der Waals surface area (Å²) in [5.74, 6) is 1.34. The number of carbonyl (C=O) groups excluding carboxylic acids is 1. The Bertz CT molecular complexity index is 944. The minimum Gasteiger partial charge on any atom is -0.480 e. The Hall–Kier alpha value is -2.96. The quantitative estimate of drug-likeness (QED) is 0.258. The molecule has 2 aromatic heterocycles. The summed E-state index contributed by atoms with van der Waals surface area (Å²) >= 11 is 1.20. The van der Waals surface area contributed by atoms with Crippen LogP contribution in [0.5, 0.6) is 11.8 Å². The molecule has 1 amide bonds. The smallest absolute Gasteiger partial charge is 0.248 e. The van der Waals surface area contributed by atoms with Crippen molar-refractivity contribution in [3.63, 3.8) is 0 Å². The van der Waals surface area contributed by atoms with Crippen molar-refractivity contribution in [2.24, 2.45) is 0 Å². The topological polar surface area (TPSA) is 118 Å². The van der Waals surface area contributed by atoms with Gasteiger partial charge in [0.1, 0.15) is 10.7 Å². The molecule has 1 saturated heterocycles. The van der Waals surface area contributed by atoms with Gasteiger partial charge in [-0.2, -0.15) is 9.97 Å². The molecule has 3 heterocycles. The van der Waals surface area contributed by atoms with E-state index in [4.69, 9.17) is 9.47 Å². The first kappa shape index (κ1) is 25.7. The van der Waals surface area contributed by atoms with E-state index in [1.807, 2.05) is 7.05 Å². The van der Waals surface area contributed by atoms with Gasteiger partial charge in [0.2, 0.25) is 23.6 Å². The SMILES string of the molecule is C=CC(=O)Nc1ccnc(Sc2c(OC)nc(N3CCN(CCCCNC)CC3)nc2OC)n1. The number of unbranched alkanes of at least 4 members (excludes halogenated alkanes) is 1. The van der Waals surface area contributed by atoms with E-state index in [2.05, 4.69) is 46.9 Å². The molecule has 1 aliphatic heterocycles. The Morgan fingerprint density at radius 2 is 1.85 bits per heavy atom. The van der Waals surface area contributed by atoms with Gasteiger partial charge in [0, 0.05) is 32.4 Å². The first-order valence-corrected chi connectivity index (χ1v) is 12.0. The zero-order valence-corrected chi connectivity index (χ0v) is 20.7. The summed E-state index contributed by atoms with van der Waals surface area (Å²) in [5, 5.41) is 6.20. The van der Waals surface area contributed by atoms with Crippen LogP contribution in [-0.4, -0.2) is 91.3 Å². The third kappa shape index (κ3) is 7.02. The first-order chi connectivity index (χ1) is 16.6. The van der Waals surface area contributed by atoms with E-state index in [0.717, 1.165) is 39.3 Å². The zero-order chi connectivity index (χ0) is 24.3. The number of nitrogens with zero attached hydrogens (tertiary/aromatic N) is 6. The van der Waals surface area contributed by atoms with Crippen molar-refractivity contribution < 1.29 is 14.3 Å². The molecule has 0 saturated carbocycles. The van der Waals surface area contributed by atoms with Crippen molar-refractivity contribution in [3.8, 4) is 11.8 Å². The van der Waals surface area contributed by atoms with Crippen LogP contribution in [0.1, 0.15) is 12.8 Å². The number of methoxy groups -OCH3 is 2. The Morgan fingerprint density at radius 3 is 2.47 bits per heavy atom. The number of ether oxygens (including phenoxy) is 2. The fourth-order valence-electron chi connectivity index (χ4n) is 3.44. The molecule has 0 aliphatic carbocycles. The van der Waals surface area contributed by atoms with E-state index >= 15 is 0 Å². The van der Waals surface area contributed by atoms with E-state index < -0.39 is 0 Å². The lowest BCUT2D eigenvalue weighted by molar-refractivity contribution is -0.111. The molecular formula is C22H32N8O3S. The van der Waals surface area contributed by atoms with E-state index in [9.17, 15) is 4.79 Å². The molecule has 1 fully saturated rings. The van der Waals surface area contributed by atoms with Gasteiger partial charge in [0.05, 0.1) is 14.2 Å². The van der Waals surface area contributed by atoms with Crippen LogP contribution >= 0.6 is 11.8 Å². The number of carbonyl (C=O) groups is 1. The summed E-state index contributed by atoms with van der Waals surface area (Å²) in [6.45, 7) is 9.18. The van der Waals surface area contributed by atoms with Gasteiger partial charge in [-0.1, -0.05) is 6.58 Å². The number of anilines is 2. The first-order valence-electron chi connectivity index (χ1n) is 11.1. The number of amides is 1. The van der Waals surface area contributed by atoms with Crippen LogP contribution in [0, 0.1) is 0 Å². The molecule has 1 aliphatic rings. The molecule has 184 valence electrons. The molecule has 2 N–H and O–H groups in total. The van der Waals surface area contributed by atoms with Crippen LogP contribution in [0.4, 0.5) is 11.8 Å². The minimum absolute atomic E-state index is 0.351. The summed E-state index contributed by atoms with van der Waals surface area (Å²) in [5.41, 5.74) is 0. The summed E-state index contributed by atoms with van der Waals surface area (Å²) in [7, 11) is 5.10. The van der Waals surface area contributed by atoms with Crippen LogP contribution in [0.3, 0.4) is 0 Å². The lowest BCUT2D eigenvalue weighted by Crippen LogP contribution is -2.47. The highest BCUT2D eigenvalue weighted by molar-refractivity contribution is 7.99. The summed E-state index contributed by atoms with van der Waals surface area (Å²) in [4.78, 5) is 34.6. The Labute approximate surface area is 204 Å². The van der Waals surface area contributed by atoms with Gasteiger partial charge in [-0.15, -0.1) is 0 Å². The fraction of sp³-hybridized carbons (Fsp3) is 0.500. The number of nitrogens with one attached hydrogen (secondary N) is 2. The molecule has 0 aromatic carbocycles. The molecule has 0 spiro atoms. The van der Waals surface area contributed by atoms with Gasteiger partial charge in [0.15, 0.2) is 5.16 Å². The van der Waals surface area contributed by atoms with Crippen molar-refractivity contribution in [1.29, 1.82) is 0 Å². The predicted molar refractivity (Wildman–Crippen MR) is 132 cm³/mol. The maximum Gasteiger partial charge on any atom is 0.248 e. The van der Waals surface area contributed by atoms with E-state index in [0.29, 0.717) is 33.6 Å². The highest BCUT2D eigenvalue weighted by Crippen LogP contribution is 2.39. The monoisotopic (exact) mass is 488 g/mol. The van der Waals surface area contributed by atoms with Gasteiger partial charge in [-0.25, -0.2) is 9.97 Å². The van der Waals surface area contributed by atoms with Gasteiger partial charge in [-0.3, -0.25) is 9.69 Å². The summed E-state index contributed by atoms with van der Waals surface area (Å²) in [6, 6.07) is 1.60. The molecule has 0 bridgehead atoms. The van der Waals surface area contributed by atoms with E-state index in [1.165, 1.54) is 30.7 Å². The molecule has 0 radical (unpaired) electrons. The van der Waals surface area contributed by atoms with Gasteiger partial charge >= 0.3 is 0 Å². The van der Waals surface area contributed by atoms with Crippen LogP contribution in [0.2, 0.25) is 0 Å². The van der Waals surface area contributed by atoms with Crippen LogP contribution in [0.25, 0.3) is 0 Å². The van der Waals surface area contributed by atoms with Gasteiger partial charge in [-0.05, 0) is 56.9 Å². The fourth-order valence-corrected chi connectivity index (χ4v) is 4.31. The average Bonchev–Trinajstić information content (AvgIpc) is 2.87. The maximum atomic E-state index is 11.6. The number of aromatic nitrogens is 4. The second kappa shape index (κ2) is 13.1. The minimum atomic E-state index is -0.351. The molecule has 34 heavy (non-hydrogen) atoms. The average molecular weight is 489 g/mol. The van der Waals surface area contributed by atoms with Crippen molar-refractivity contribution in [3.05, 3.63) is 24.9 Å². The number of piperazine rings is 1. The van der Waals surface area contributed by atoms with Crippen molar-refractivity contribution >= 4 is 29.4 Å². The predicted octanol–water partition coefficient (Wildman–Crippen LogP) is 1.68. The molecule has 3 rings (SSSR count). The molecule has 11 nitrogen and oxygen atoms in total. The second-order valence-electron chi connectivity index (χ2n) is 7.53. The number of hydrogen-bond donors (Lipinski definition) is 2. The van der Waals surface area contributed by atoms with Crippen LogP contribution in [0.15, 0.2) is 35.0 Å². The molecule has 12 heteroatoms. The highest BCUT2D eigenvalue weighted by Gasteiger charge is 2.24. The van der Waals surface area contributed by atoms with Crippen LogP contribution < -0.4 is 25.0 Å². The standard InChI is InChI=1S/C22H32N8O3S/c1-5-17(31)25-16-8-10-24-22(26-16)34-18-19(32-3)27-21(28-20(18)33-4)30-14-12-29(13-15-30)11-7-6-9-23-2/h5,8,10,23H,1,6-7,9,11-15H2,2-4H3,(H,24,25,26,31). The normalized spacial score (nSPS) is 14.0. The summed E-state index contributed by atoms with van der Waals surface area (Å²) in [6.07, 6.45) is 5.10. The second-order valence-corrected chi connectivity index (χ2v) is 8.51. The molecular weight excluding hydrogens is 456 g/mol. The largest absolute Gasteiger partial charge is 0.480 e. The Balaban J connectivity index is 1.71. The molecule has 0 atom stereocenters. The van der Waals surface area contributed by atoms with Crippen molar-refractivity contribution in [2.45, 2.75) is 22.9 Å². The van der Waals surface area contributed by atoms with Crippen molar-refractivity contribution in [2.75, 3.05) is 70.8 Å². The zero-order valence-electron chi connectivity index (χ0n) is 19.9. The Kier molecular flexibility index (Phi) is 9.86. The van der Waals surface area contributed by atoms with E-state index in [-0.39, 0.29) is 5.91 Å². The highest BCUT2D eigenvalue weighted by atomic mass is 32.2. The molecule has 2 aromatic rings. The molecule has 0 unspecified atom stereocenters.